The average molecular weight is 392 g/mol. The number of nitrogens with zero attached hydrogens (tertiary/aromatic N) is 1. The summed E-state index contributed by atoms with van der Waals surface area (Å²) in [6.07, 6.45) is 14.2. The molecule has 0 N–H and O–H groups in total. The zero-order valence-corrected chi connectivity index (χ0v) is 16.8. The second-order valence-electron chi connectivity index (χ2n) is 5.33. The summed E-state index contributed by atoms with van der Waals surface area (Å²) in [6, 6.07) is 13.0. The van der Waals surface area contributed by atoms with Gasteiger partial charge in [0.1, 0.15) is 0 Å². The van der Waals surface area contributed by atoms with Crippen molar-refractivity contribution in [1.82, 2.24) is 4.57 Å². The first-order valence-corrected chi connectivity index (χ1v) is 7.27. The van der Waals surface area contributed by atoms with Crippen LogP contribution in [0.25, 0.3) is 16.5 Å². The number of aryl methyl sites for hydroxylation is 2. The zero-order chi connectivity index (χ0) is 14.7. The summed E-state index contributed by atoms with van der Waals surface area (Å²) in [5.41, 5.74) is 3.94. The molecule has 3 aromatic rings. The van der Waals surface area contributed by atoms with E-state index in [1.165, 1.54) is 27.6 Å². The average Bonchev–Trinajstić information content (AvgIpc) is 3.26. The van der Waals surface area contributed by atoms with Gasteiger partial charge in [-0.05, 0) is 24.7 Å². The van der Waals surface area contributed by atoms with Crippen LogP contribution in [0.4, 0.5) is 0 Å². The van der Waals surface area contributed by atoms with Crippen LogP contribution in [0, 0.1) is 19.9 Å². The molecule has 122 valence electrons. The molecule has 0 fully saturated rings. The van der Waals surface area contributed by atoms with E-state index in [1.54, 1.807) is 0 Å². The minimum Gasteiger partial charge on any atom is -1.00 e. The molecule has 0 amide bonds. The standard InChI is InChI=1S/C15H14N.C5H5.2ClH.Ti/c1-11-5-6-12(2)15-10-13(9-14(11)15)16-7-3-4-8-16;1-2-4-5-3-1;;;/h3-10H,1-2H3;1-3H,4H2;2*1H;/q2*-1;;;+4/p-2. The molecule has 1 aliphatic carbocycles. The van der Waals surface area contributed by atoms with Crippen molar-refractivity contribution in [3.8, 4) is 5.69 Å². The van der Waals surface area contributed by atoms with Crippen LogP contribution in [0.1, 0.15) is 17.5 Å². The Kier molecular flexibility index (Phi) is 10.2. The van der Waals surface area contributed by atoms with Crippen molar-refractivity contribution in [2.45, 2.75) is 20.3 Å². The number of aromatic nitrogens is 1. The van der Waals surface area contributed by atoms with E-state index in [4.69, 9.17) is 0 Å². The van der Waals surface area contributed by atoms with Gasteiger partial charge < -0.3 is 29.4 Å². The van der Waals surface area contributed by atoms with Gasteiger partial charge in [-0.15, -0.1) is 41.0 Å². The molecule has 4 heteroatoms. The van der Waals surface area contributed by atoms with Gasteiger partial charge in [-0.2, -0.15) is 6.08 Å². The Labute approximate surface area is 171 Å². The number of allylic oxidation sites excluding steroid dienone is 4. The van der Waals surface area contributed by atoms with E-state index in [9.17, 15) is 0 Å². The summed E-state index contributed by atoms with van der Waals surface area (Å²) < 4.78 is 2.15. The Bertz CT molecular complexity index is 750. The molecule has 4 rings (SSSR count). The van der Waals surface area contributed by atoms with Gasteiger partial charge in [-0.1, -0.05) is 18.6 Å². The summed E-state index contributed by atoms with van der Waals surface area (Å²) in [6.45, 7) is 4.34. The zero-order valence-electron chi connectivity index (χ0n) is 13.8. The van der Waals surface area contributed by atoms with Gasteiger partial charge in [-0.3, -0.25) is 6.08 Å². The third-order valence-corrected chi connectivity index (χ3v) is 3.80. The monoisotopic (exact) mass is 391 g/mol. The normalized spacial score (nSPS) is 11.1. The molecule has 0 saturated heterocycles. The molecule has 0 saturated carbocycles. The Morgan fingerprint density at radius 2 is 1.71 bits per heavy atom. The number of hydrogen-bond acceptors (Lipinski definition) is 0. The number of halogens is 2. The fourth-order valence-electron chi connectivity index (χ4n) is 2.57. The molecule has 0 bridgehead atoms. The maximum absolute atomic E-state index is 2.99. The van der Waals surface area contributed by atoms with Crippen LogP contribution < -0.4 is 24.8 Å². The van der Waals surface area contributed by atoms with Crippen molar-refractivity contribution in [3.63, 3.8) is 0 Å². The van der Waals surface area contributed by atoms with Crippen LogP contribution in [0.15, 0.2) is 67.0 Å². The summed E-state index contributed by atoms with van der Waals surface area (Å²) in [5.74, 6) is 0. The maximum atomic E-state index is 2.99. The fourth-order valence-corrected chi connectivity index (χ4v) is 2.57. The number of benzene rings is 1. The van der Waals surface area contributed by atoms with E-state index >= 15 is 0 Å². The van der Waals surface area contributed by atoms with Crippen molar-refractivity contribution in [1.29, 1.82) is 0 Å². The minimum absolute atomic E-state index is 0. The van der Waals surface area contributed by atoms with Crippen LogP contribution >= 0.6 is 0 Å². The molecular weight excluding hydrogens is 373 g/mol. The van der Waals surface area contributed by atoms with Crippen LogP contribution in [-0.4, -0.2) is 4.57 Å². The second-order valence-corrected chi connectivity index (χ2v) is 5.33. The first-order valence-electron chi connectivity index (χ1n) is 7.27. The minimum atomic E-state index is 0. The Balaban J connectivity index is 0.000000578. The molecule has 1 heterocycles. The molecular formula is C20H19Cl2NTi. The fraction of sp³-hybridized carbons (Fsp3) is 0.150. The third-order valence-electron chi connectivity index (χ3n) is 3.80. The molecule has 2 aromatic carbocycles. The van der Waals surface area contributed by atoms with Gasteiger partial charge in [0.25, 0.3) is 0 Å². The largest absolute Gasteiger partial charge is 4.00 e. The molecule has 0 aliphatic heterocycles. The van der Waals surface area contributed by atoms with Crippen molar-refractivity contribution in [2.75, 3.05) is 0 Å². The van der Waals surface area contributed by atoms with E-state index in [-0.39, 0.29) is 46.5 Å². The summed E-state index contributed by atoms with van der Waals surface area (Å²) in [4.78, 5) is 0. The maximum Gasteiger partial charge on any atom is 4.00 e. The predicted octanol–water partition coefficient (Wildman–Crippen LogP) is -0.723. The number of fused-ring (bicyclic) bond motifs is 1. The molecule has 1 nitrogen and oxygen atoms in total. The van der Waals surface area contributed by atoms with E-state index in [0.29, 0.717) is 0 Å². The van der Waals surface area contributed by atoms with E-state index in [0.717, 1.165) is 6.42 Å². The second kappa shape index (κ2) is 10.7. The predicted molar refractivity (Wildman–Crippen MR) is 89.9 cm³/mol. The van der Waals surface area contributed by atoms with Crippen LogP contribution in [0.3, 0.4) is 0 Å². The van der Waals surface area contributed by atoms with Crippen molar-refractivity contribution < 1.29 is 46.5 Å². The molecule has 0 unspecified atom stereocenters. The van der Waals surface area contributed by atoms with Gasteiger partial charge in [0.15, 0.2) is 0 Å². The van der Waals surface area contributed by atoms with Crippen molar-refractivity contribution in [3.05, 3.63) is 84.2 Å². The van der Waals surface area contributed by atoms with Crippen molar-refractivity contribution >= 4 is 10.8 Å². The number of hydrogen-bond donors (Lipinski definition) is 0. The quantitative estimate of drug-likeness (QED) is 0.381. The van der Waals surface area contributed by atoms with E-state index in [1.807, 2.05) is 12.2 Å². The van der Waals surface area contributed by atoms with Gasteiger partial charge in [-0.25, -0.2) is 12.2 Å². The molecule has 0 spiro atoms. The van der Waals surface area contributed by atoms with Gasteiger partial charge >= 0.3 is 21.7 Å². The SMILES string of the molecule is Cc1ccc(C)c2[cH-]c(-n3cccc3)cc12.[C-]1=CC=CC1.[Cl-].[Cl-].[Ti+4]. The van der Waals surface area contributed by atoms with Gasteiger partial charge in [0, 0.05) is 12.4 Å². The Hall–Kier alpha value is -1.12. The molecule has 0 radical (unpaired) electrons. The smallest absolute Gasteiger partial charge is 1.00 e. The summed E-state index contributed by atoms with van der Waals surface area (Å²) in [5, 5.41) is 2.73. The van der Waals surface area contributed by atoms with Crippen LogP contribution in [0.5, 0.6) is 0 Å². The molecule has 0 atom stereocenters. The van der Waals surface area contributed by atoms with Gasteiger partial charge in [0.2, 0.25) is 0 Å². The Morgan fingerprint density at radius 3 is 2.21 bits per heavy atom. The van der Waals surface area contributed by atoms with Crippen molar-refractivity contribution in [2.24, 2.45) is 0 Å². The van der Waals surface area contributed by atoms with E-state index in [2.05, 4.69) is 79.4 Å². The Morgan fingerprint density at radius 1 is 1.04 bits per heavy atom. The topological polar surface area (TPSA) is 4.93 Å². The summed E-state index contributed by atoms with van der Waals surface area (Å²) in [7, 11) is 0. The van der Waals surface area contributed by atoms with E-state index < -0.39 is 0 Å². The third kappa shape index (κ3) is 5.19. The molecule has 24 heavy (non-hydrogen) atoms. The molecule has 1 aromatic heterocycles. The van der Waals surface area contributed by atoms with Crippen LogP contribution in [0.2, 0.25) is 0 Å². The number of rotatable bonds is 1. The van der Waals surface area contributed by atoms with Gasteiger partial charge in [0.05, 0.1) is 0 Å². The summed E-state index contributed by atoms with van der Waals surface area (Å²) >= 11 is 0. The first-order chi connectivity index (χ1) is 10.3. The van der Waals surface area contributed by atoms with Crippen LogP contribution in [-0.2, 0) is 21.7 Å². The first kappa shape index (κ1) is 22.9. The molecule has 1 aliphatic rings.